The summed E-state index contributed by atoms with van der Waals surface area (Å²) in [7, 11) is 0. The number of carbonyl (C=O) groups excluding carboxylic acids is 2. The van der Waals surface area contributed by atoms with Crippen molar-refractivity contribution in [2.45, 2.75) is 18.9 Å². The molecule has 7 heteroatoms. The predicted molar refractivity (Wildman–Crippen MR) is 74.3 cm³/mol. The second kappa shape index (κ2) is 5.31. The molecule has 1 aliphatic heterocycles. The smallest absolute Gasteiger partial charge is 0.319 e. The minimum atomic E-state index is -1.24. The number of halogens is 2. The van der Waals surface area contributed by atoms with Gasteiger partial charge in [0, 0.05) is 22.2 Å². The second-order valence-corrected chi connectivity index (χ2v) is 5.39. The number of benzene rings is 1. The SMILES string of the molecule is C[C@@]1(c2ccc(Cl)cc2Cl)NC(=O)N(CCC#N)C1=O. The average molecular weight is 312 g/mol. The third-order valence-corrected chi connectivity index (χ3v) is 3.74. The van der Waals surface area contributed by atoms with E-state index in [-0.39, 0.29) is 13.0 Å². The van der Waals surface area contributed by atoms with Crippen LogP contribution >= 0.6 is 23.2 Å². The van der Waals surface area contributed by atoms with Crippen LogP contribution in [-0.4, -0.2) is 23.4 Å². The molecule has 0 unspecified atom stereocenters. The largest absolute Gasteiger partial charge is 0.325 e. The van der Waals surface area contributed by atoms with E-state index in [0.717, 1.165) is 4.90 Å². The summed E-state index contributed by atoms with van der Waals surface area (Å²) in [4.78, 5) is 25.3. The lowest BCUT2D eigenvalue weighted by atomic mass is 9.92. The van der Waals surface area contributed by atoms with E-state index in [9.17, 15) is 9.59 Å². The number of hydrogen-bond acceptors (Lipinski definition) is 3. The quantitative estimate of drug-likeness (QED) is 0.872. The van der Waals surface area contributed by atoms with Gasteiger partial charge in [-0.25, -0.2) is 4.79 Å². The van der Waals surface area contributed by atoms with Crippen molar-refractivity contribution in [2.75, 3.05) is 6.54 Å². The average Bonchev–Trinajstić information content (AvgIpc) is 2.59. The molecule has 0 saturated carbocycles. The molecule has 5 nitrogen and oxygen atoms in total. The molecule has 0 aliphatic carbocycles. The Morgan fingerprint density at radius 3 is 2.70 bits per heavy atom. The molecule has 0 bridgehead atoms. The highest BCUT2D eigenvalue weighted by Crippen LogP contribution is 2.34. The topological polar surface area (TPSA) is 73.2 Å². The molecule has 1 N–H and O–H groups in total. The lowest BCUT2D eigenvalue weighted by Crippen LogP contribution is -2.41. The first-order valence-electron chi connectivity index (χ1n) is 5.86. The monoisotopic (exact) mass is 311 g/mol. The molecule has 104 valence electrons. The molecule has 1 fully saturated rings. The minimum absolute atomic E-state index is 0.0575. The molecular formula is C13H11Cl2N3O2. The normalized spacial score (nSPS) is 21.8. The molecule has 20 heavy (non-hydrogen) atoms. The van der Waals surface area contributed by atoms with Crippen molar-refractivity contribution in [1.29, 1.82) is 5.26 Å². The number of carbonyl (C=O) groups is 2. The zero-order valence-corrected chi connectivity index (χ0v) is 12.1. The van der Waals surface area contributed by atoms with Crippen molar-refractivity contribution >= 4 is 35.1 Å². The Balaban J connectivity index is 2.38. The van der Waals surface area contributed by atoms with Gasteiger partial charge in [0.2, 0.25) is 0 Å². The number of rotatable bonds is 3. The molecule has 0 aromatic heterocycles. The van der Waals surface area contributed by atoms with Crippen LogP contribution in [0.4, 0.5) is 4.79 Å². The highest BCUT2D eigenvalue weighted by Gasteiger charge is 2.49. The van der Waals surface area contributed by atoms with Crippen molar-refractivity contribution in [3.05, 3.63) is 33.8 Å². The van der Waals surface area contributed by atoms with E-state index in [2.05, 4.69) is 5.32 Å². The van der Waals surface area contributed by atoms with Gasteiger partial charge >= 0.3 is 6.03 Å². The Bertz CT molecular complexity index is 627. The Morgan fingerprint density at radius 1 is 1.40 bits per heavy atom. The lowest BCUT2D eigenvalue weighted by Gasteiger charge is -2.23. The first kappa shape index (κ1) is 14.6. The Labute approximate surface area is 126 Å². The fourth-order valence-electron chi connectivity index (χ4n) is 2.14. The highest BCUT2D eigenvalue weighted by atomic mass is 35.5. The van der Waals surface area contributed by atoms with Crippen LogP contribution in [0, 0.1) is 11.3 Å². The van der Waals surface area contributed by atoms with E-state index in [1.807, 2.05) is 6.07 Å². The molecule has 2 rings (SSSR count). The standard InChI is InChI=1S/C13H11Cl2N3O2/c1-13(9-4-3-8(14)7-10(9)15)11(19)18(6-2-5-16)12(20)17-13/h3-4,7H,2,6H2,1H3,(H,17,20)/t13-/m0/s1. The predicted octanol–water partition coefficient (Wildman–Crippen LogP) is 2.67. The fraction of sp³-hybridized carbons (Fsp3) is 0.308. The van der Waals surface area contributed by atoms with Gasteiger partial charge in [-0.1, -0.05) is 29.3 Å². The van der Waals surface area contributed by atoms with E-state index in [0.29, 0.717) is 15.6 Å². The molecular weight excluding hydrogens is 301 g/mol. The Morgan fingerprint density at radius 2 is 2.10 bits per heavy atom. The maximum absolute atomic E-state index is 12.4. The maximum atomic E-state index is 12.4. The summed E-state index contributed by atoms with van der Waals surface area (Å²) in [6.45, 7) is 1.64. The summed E-state index contributed by atoms with van der Waals surface area (Å²) < 4.78 is 0. The molecule has 1 aliphatic rings. The van der Waals surface area contributed by atoms with Crippen molar-refractivity contribution in [3.63, 3.8) is 0 Å². The highest BCUT2D eigenvalue weighted by molar-refractivity contribution is 6.35. The van der Waals surface area contributed by atoms with Gasteiger partial charge in [-0.15, -0.1) is 0 Å². The summed E-state index contributed by atoms with van der Waals surface area (Å²) in [5, 5.41) is 11.9. The van der Waals surface area contributed by atoms with Crippen LogP contribution in [0.3, 0.4) is 0 Å². The van der Waals surface area contributed by atoms with Gasteiger partial charge in [0.25, 0.3) is 5.91 Å². The third kappa shape index (κ3) is 2.33. The van der Waals surface area contributed by atoms with Gasteiger partial charge in [0.1, 0.15) is 5.54 Å². The van der Waals surface area contributed by atoms with Gasteiger partial charge in [-0.05, 0) is 19.1 Å². The number of hydrogen-bond donors (Lipinski definition) is 1. The van der Waals surface area contributed by atoms with Gasteiger partial charge in [0.15, 0.2) is 0 Å². The van der Waals surface area contributed by atoms with Gasteiger partial charge in [-0.3, -0.25) is 9.69 Å². The van der Waals surface area contributed by atoms with Crippen molar-refractivity contribution in [1.82, 2.24) is 10.2 Å². The van der Waals surface area contributed by atoms with Crippen molar-refractivity contribution in [2.24, 2.45) is 0 Å². The Kier molecular flexibility index (Phi) is 3.89. The molecule has 0 spiro atoms. The summed E-state index contributed by atoms with van der Waals surface area (Å²) >= 11 is 11.9. The van der Waals surface area contributed by atoms with Crippen LogP contribution in [0.25, 0.3) is 0 Å². The summed E-state index contributed by atoms with van der Waals surface area (Å²) in [6, 6.07) is 6.10. The molecule has 1 saturated heterocycles. The van der Waals surface area contributed by atoms with Crippen LogP contribution < -0.4 is 5.32 Å². The molecule has 1 heterocycles. The van der Waals surface area contributed by atoms with Crippen molar-refractivity contribution in [3.8, 4) is 6.07 Å². The summed E-state index contributed by atoms with van der Waals surface area (Å²) in [5.74, 6) is -0.429. The third-order valence-electron chi connectivity index (χ3n) is 3.19. The first-order chi connectivity index (χ1) is 9.40. The number of nitriles is 1. The molecule has 3 amide bonds. The summed E-state index contributed by atoms with van der Waals surface area (Å²) in [5.41, 5.74) is -0.768. The fourth-order valence-corrected chi connectivity index (χ4v) is 2.74. The van der Waals surface area contributed by atoms with E-state index >= 15 is 0 Å². The van der Waals surface area contributed by atoms with E-state index in [1.54, 1.807) is 19.1 Å². The molecule has 0 radical (unpaired) electrons. The van der Waals surface area contributed by atoms with E-state index in [1.165, 1.54) is 6.07 Å². The zero-order valence-electron chi connectivity index (χ0n) is 10.6. The lowest BCUT2D eigenvalue weighted by molar-refractivity contribution is -0.131. The molecule has 1 aromatic rings. The zero-order chi connectivity index (χ0) is 14.9. The molecule has 1 aromatic carbocycles. The van der Waals surface area contributed by atoms with Gasteiger partial charge in [-0.2, -0.15) is 5.26 Å². The van der Waals surface area contributed by atoms with Crippen LogP contribution in [-0.2, 0) is 10.3 Å². The molecule has 1 atom stereocenters. The van der Waals surface area contributed by atoms with Crippen LogP contribution in [0.2, 0.25) is 10.0 Å². The number of nitrogens with zero attached hydrogens (tertiary/aromatic N) is 2. The van der Waals surface area contributed by atoms with E-state index in [4.69, 9.17) is 28.5 Å². The van der Waals surface area contributed by atoms with Crippen LogP contribution in [0.5, 0.6) is 0 Å². The number of urea groups is 1. The first-order valence-corrected chi connectivity index (χ1v) is 6.62. The number of amides is 3. The van der Waals surface area contributed by atoms with E-state index < -0.39 is 17.5 Å². The Hall–Kier alpha value is -1.77. The second-order valence-electron chi connectivity index (χ2n) is 4.54. The minimum Gasteiger partial charge on any atom is -0.319 e. The van der Waals surface area contributed by atoms with Crippen LogP contribution in [0.1, 0.15) is 18.9 Å². The van der Waals surface area contributed by atoms with Crippen molar-refractivity contribution < 1.29 is 9.59 Å². The van der Waals surface area contributed by atoms with Gasteiger partial charge in [0.05, 0.1) is 12.5 Å². The number of nitrogens with one attached hydrogen (secondary N) is 1. The van der Waals surface area contributed by atoms with Crippen LogP contribution in [0.15, 0.2) is 18.2 Å². The number of imide groups is 1. The summed E-state index contributed by atoms with van der Waals surface area (Å²) in [6.07, 6.45) is 0.0869. The maximum Gasteiger partial charge on any atom is 0.325 e. The van der Waals surface area contributed by atoms with Gasteiger partial charge < -0.3 is 5.32 Å².